The number of nitrogens with one attached hydrogen (secondary N) is 1. The summed E-state index contributed by atoms with van der Waals surface area (Å²) < 4.78 is 11.1. The van der Waals surface area contributed by atoms with Crippen LogP contribution in [0.3, 0.4) is 0 Å². The molecule has 0 aromatic rings. The van der Waals surface area contributed by atoms with Gasteiger partial charge in [-0.05, 0) is 51.4 Å². The average Bonchev–Trinajstić information content (AvgIpc) is 3.42. The second-order valence-corrected chi connectivity index (χ2v) is 23.2. The van der Waals surface area contributed by atoms with Crippen molar-refractivity contribution in [2.24, 2.45) is 0 Å². The highest BCUT2D eigenvalue weighted by atomic mass is 16.7. The molecule has 11 heteroatoms. The first kappa shape index (κ1) is 72.6. The zero-order valence-corrected chi connectivity index (χ0v) is 49.5. The Balaban J connectivity index is 2.12. The van der Waals surface area contributed by atoms with Gasteiger partial charge in [0, 0.05) is 0 Å². The molecule has 11 nitrogen and oxygen atoms in total. The van der Waals surface area contributed by atoms with Gasteiger partial charge in [0.2, 0.25) is 5.91 Å². The molecule has 1 heterocycles. The molecule has 1 aliphatic rings. The van der Waals surface area contributed by atoms with Crippen LogP contribution < -0.4 is 5.32 Å². The Bertz CT molecular complexity index is 1280. The molecule has 1 saturated heterocycles. The Kier molecular flexibility index (Phi) is 51.8. The molecule has 0 saturated carbocycles. The van der Waals surface area contributed by atoms with E-state index in [4.69, 9.17) is 9.47 Å². The lowest BCUT2D eigenvalue weighted by molar-refractivity contribution is -0.303. The maximum atomic E-state index is 13.2. The third-order valence-electron chi connectivity index (χ3n) is 16.0. The van der Waals surface area contributed by atoms with Crippen LogP contribution in [-0.4, -0.2) is 110 Å². The fourth-order valence-electron chi connectivity index (χ4n) is 10.7. The molecular formula is C65H125NO10. The smallest absolute Gasteiger partial charge is 0.249 e. The number of carbonyl (C=O) groups excluding carboxylic acids is 1. The largest absolute Gasteiger partial charge is 0.394 e. The van der Waals surface area contributed by atoms with Crippen molar-refractivity contribution in [2.45, 2.75) is 371 Å². The minimum atomic E-state index is -1.67. The van der Waals surface area contributed by atoms with Crippen LogP contribution in [0.2, 0.25) is 0 Å². The van der Waals surface area contributed by atoms with Crippen molar-refractivity contribution in [3.8, 4) is 0 Å². The molecule has 450 valence electrons. The molecule has 1 amide bonds. The van der Waals surface area contributed by atoms with Crippen LogP contribution in [0.4, 0.5) is 0 Å². The topological polar surface area (TPSA) is 189 Å². The molecule has 0 bridgehead atoms. The molecule has 8 N–H and O–H groups in total. The number of rotatable bonds is 57. The van der Waals surface area contributed by atoms with Gasteiger partial charge >= 0.3 is 0 Å². The van der Waals surface area contributed by atoms with E-state index in [2.05, 4.69) is 43.5 Å². The van der Waals surface area contributed by atoms with E-state index in [9.17, 15) is 40.5 Å². The lowest BCUT2D eigenvalue weighted by atomic mass is 9.98. The van der Waals surface area contributed by atoms with E-state index in [0.29, 0.717) is 19.3 Å². The third-order valence-corrected chi connectivity index (χ3v) is 16.0. The van der Waals surface area contributed by atoms with Crippen molar-refractivity contribution in [3.63, 3.8) is 0 Å². The van der Waals surface area contributed by atoms with Gasteiger partial charge in [0.1, 0.15) is 36.6 Å². The summed E-state index contributed by atoms with van der Waals surface area (Å²) in [6.45, 7) is 3.44. The van der Waals surface area contributed by atoms with Gasteiger partial charge in [0.15, 0.2) is 6.29 Å². The highest BCUT2D eigenvalue weighted by Gasteiger charge is 2.44. The number of aliphatic hydroxyl groups excluding tert-OH is 7. The summed E-state index contributed by atoms with van der Waals surface area (Å²) >= 11 is 0. The maximum Gasteiger partial charge on any atom is 0.249 e. The minimum absolute atomic E-state index is 0.248. The second-order valence-electron chi connectivity index (χ2n) is 23.2. The molecule has 0 spiro atoms. The van der Waals surface area contributed by atoms with Crippen molar-refractivity contribution in [2.75, 3.05) is 13.2 Å². The fraction of sp³-hybridized carbons (Fsp3) is 0.923. The zero-order valence-electron chi connectivity index (χ0n) is 49.5. The predicted octanol–water partition coefficient (Wildman–Crippen LogP) is 14.9. The number of ether oxygens (including phenoxy) is 2. The van der Waals surface area contributed by atoms with Gasteiger partial charge in [0.25, 0.3) is 0 Å². The number of hydrogen-bond acceptors (Lipinski definition) is 10. The first-order chi connectivity index (χ1) is 37.2. The molecule has 0 radical (unpaired) electrons. The summed E-state index contributed by atoms with van der Waals surface area (Å²) in [6.07, 6.45) is 55.8. The van der Waals surface area contributed by atoms with E-state index < -0.39 is 74.2 Å². The Morgan fingerprint density at radius 1 is 0.447 bits per heavy atom. The van der Waals surface area contributed by atoms with E-state index in [-0.39, 0.29) is 12.8 Å². The van der Waals surface area contributed by atoms with Crippen LogP contribution in [-0.2, 0) is 14.3 Å². The summed E-state index contributed by atoms with van der Waals surface area (Å²) in [7, 11) is 0. The van der Waals surface area contributed by atoms with Gasteiger partial charge in [-0.1, -0.05) is 289 Å². The average molecular weight is 1080 g/mol. The molecule has 1 rings (SSSR count). The Hall–Kier alpha value is -1.41. The summed E-state index contributed by atoms with van der Waals surface area (Å²) in [5.41, 5.74) is 0. The molecule has 76 heavy (non-hydrogen) atoms. The van der Waals surface area contributed by atoms with Crippen molar-refractivity contribution < 1.29 is 50.0 Å². The van der Waals surface area contributed by atoms with Crippen LogP contribution in [0.25, 0.3) is 0 Å². The van der Waals surface area contributed by atoms with Gasteiger partial charge in [-0.15, -0.1) is 0 Å². The first-order valence-electron chi connectivity index (χ1n) is 32.7. The van der Waals surface area contributed by atoms with Gasteiger partial charge in [-0.2, -0.15) is 0 Å². The number of hydrogen-bond donors (Lipinski definition) is 8. The van der Waals surface area contributed by atoms with Crippen LogP contribution in [0.15, 0.2) is 24.3 Å². The van der Waals surface area contributed by atoms with E-state index in [1.807, 2.05) is 0 Å². The van der Waals surface area contributed by atoms with Crippen LogP contribution in [0.5, 0.6) is 0 Å². The summed E-state index contributed by atoms with van der Waals surface area (Å²) in [6, 6.07) is -1.19. The van der Waals surface area contributed by atoms with Crippen molar-refractivity contribution in [1.29, 1.82) is 0 Å². The first-order valence-corrected chi connectivity index (χ1v) is 32.7. The van der Waals surface area contributed by atoms with Gasteiger partial charge in [0.05, 0.1) is 25.4 Å². The van der Waals surface area contributed by atoms with E-state index in [0.717, 1.165) is 38.5 Å². The van der Waals surface area contributed by atoms with E-state index in [1.165, 1.54) is 231 Å². The highest BCUT2D eigenvalue weighted by molar-refractivity contribution is 5.80. The van der Waals surface area contributed by atoms with E-state index >= 15 is 0 Å². The summed E-state index contributed by atoms with van der Waals surface area (Å²) in [4.78, 5) is 13.2. The van der Waals surface area contributed by atoms with Gasteiger partial charge in [-0.25, -0.2) is 0 Å². The molecule has 0 aliphatic carbocycles. The number of unbranched alkanes of at least 4 members (excludes halogenated alkanes) is 41. The number of aliphatic hydroxyl groups is 7. The Labute approximate surface area is 467 Å². The summed E-state index contributed by atoms with van der Waals surface area (Å²) in [5, 5.41) is 76.1. The number of carbonyl (C=O) groups is 1. The second kappa shape index (κ2) is 54.2. The normalized spacial score (nSPS) is 19.7. The SMILES string of the molecule is CCCCCC/C=C/CC/C=C/CCCC(O)C(O)C(COC1OC(CO)C(O)C(O)C1O)NC(=O)C(O)CCCCCCCCCCCCCCCCCCCCCCCCCCCCCCCCCCCCCC. The third kappa shape index (κ3) is 41.6. The number of amides is 1. The molecule has 0 aromatic carbocycles. The standard InChI is InChI=1S/C65H125NO10/c1-3-5-7-9-11-13-15-17-18-19-20-21-22-23-24-25-26-27-28-29-30-31-32-33-34-35-36-37-38-39-41-43-45-47-49-51-53-58(69)64(74)66-56(55-75-65-63(73)62(72)61(71)59(54-67)76-65)60(70)57(68)52-50-48-46-44-42-40-16-14-12-10-8-6-4-2/h14,16,44,46,56-63,65,67-73H,3-13,15,17-43,45,47-55H2,1-2H3,(H,66,74)/b16-14+,46-44+. The quantitative estimate of drug-likeness (QED) is 0.0215. The summed E-state index contributed by atoms with van der Waals surface area (Å²) in [5.74, 6) is -0.706. The van der Waals surface area contributed by atoms with Crippen molar-refractivity contribution >= 4 is 5.91 Å². The minimum Gasteiger partial charge on any atom is -0.394 e. The molecular weight excluding hydrogens is 955 g/mol. The van der Waals surface area contributed by atoms with Crippen LogP contribution in [0.1, 0.15) is 316 Å². The fourth-order valence-corrected chi connectivity index (χ4v) is 10.7. The predicted molar refractivity (Wildman–Crippen MR) is 316 cm³/mol. The molecule has 1 fully saturated rings. The van der Waals surface area contributed by atoms with Crippen molar-refractivity contribution in [3.05, 3.63) is 24.3 Å². The van der Waals surface area contributed by atoms with Gasteiger partial charge in [-0.3, -0.25) is 4.79 Å². The van der Waals surface area contributed by atoms with Crippen LogP contribution >= 0.6 is 0 Å². The molecule has 0 aromatic heterocycles. The molecule has 1 aliphatic heterocycles. The highest BCUT2D eigenvalue weighted by Crippen LogP contribution is 2.24. The van der Waals surface area contributed by atoms with Gasteiger partial charge < -0.3 is 50.5 Å². The van der Waals surface area contributed by atoms with Crippen molar-refractivity contribution in [1.82, 2.24) is 5.32 Å². The lowest BCUT2D eigenvalue weighted by Gasteiger charge is -2.40. The Morgan fingerprint density at radius 2 is 0.789 bits per heavy atom. The Morgan fingerprint density at radius 3 is 1.17 bits per heavy atom. The monoisotopic (exact) mass is 1080 g/mol. The molecule has 9 unspecified atom stereocenters. The van der Waals surface area contributed by atoms with E-state index in [1.54, 1.807) is 0 Å². The maximum absolute atomic E-state index is 13.2. The molecule has 9 atom stereocenters. The zero-order chi connectivity index (χ0) is 55.4. The number of allylic oxidation sites excluding steroid dienone is 4. The lowest BCUT2D eigenvalue weighted by Crippen LogP contribution is -2.60. The van der Waals surface area contributed by atoms with Crippen LogP contribution in [0, 0.1) is 0 Å².